The first-order valence-corrected chi connectivity index (χ1v) is 7.67. The van der Waals surface area contributed by atoms with Gasteiger partial charge in [-0.3, -0.25) is 0 Å². The summed E-state index contributed by atoms with van der Waals surface area (Å²) < 4.78 is 0. The lowest BCUT2D eigenvalue weighted by Gasteiger charge is -2.37. The molecular formula is C17H26N2. The highest BCUT2D eigenvalue weighted by atomic mass is 15.2. The van der Waals surface area contributed by atoms with Gasteiger partial charge in [-0.2, -0.15) is 0 Å². The lowest BCUT2D eigenvalue weighted by atomic mass is 10.0. The fraction of sp³-hybridized carbons (Fsp3) is 0.647. The Morgan fingerprint density at radius 1 is 1.21 bits per heavy atom. The van der Waals surface area contributed by atoms with Crippen LogP contribution in [-0.4, -0.2) is 18.1 Å². The van der Waals surface area contributed by atoms with Crippen molar-refractivity contribution in [2.75, 3.05) is 11.4 Å². The third-order valence-corrected chi connectivity index (χ3v) is 4.70. The maximum absolute atomic E-state index is 3.72. The van der Waals surface area contributed by atoms with Gasteiger partial charge in [-0.1, -0.05) is 31.0 Å². The van der Waals surface area contributed by atoms with Crippen LogP contribution in [0.5, 0.6) is 0 Å². The van der Waals surface area contributed by atoms with Crippen molar-refractivity contribution in [3.63, 3.8) is 0 Å². The van der Waals surface area contributed by atoms with Gasteiger partial charge in [0.05, 0.1) is 0 Å². The molecule has 0 unspecified atom stereocenters. The molecule has 1 N–H and O–H groups in total. The molecule has 3 rings (SSSR count). The summed E-state index contributed by atoms with van der Waals surface area (Å²) in [5.74, 6) is 0. The van der Waals surface area contributed by atoms with Crippen molar-refractivity contribution in [3.8, 4) is 0 Å². The molecule has 1 heterocycles. The van der Waals surface area contributed by atoms with Crippen LogP contribution in [0.3, 0.4) is 0 Å². The topological polar surface area (TPSA) is 15.3 Å². The minimum atomic E-state index is 0.189. The van der Waals surface area contributed by atoms with E-state index in [1.54, 1.807) is 0 Å². The molecule has 0 spiro atoms. The summed E-state index contributed by atoms with van der Waals surface area (Å²) in [6, 6.07) is 7.50. The average Bonchev–Trinajstić information content (AvgIpc) is 2.84. The standard InChI is InChI=1S/C17H26N2/c1-13-7-6-8-14-11-18-17(2,3)12-19(16(13)14)15-9-4-5-10-15/h6-8,15,18H,4-5,9-12H2,1-3H3. The Hall–Kier alpha value is -1.02. The lowest BCUT2D eigenvalue weighted by molar-refractivity contribution is 0.383. The highest BCUT2D eigenvalue weighted by Crippen LogP contribution is 2.35. The summed E-state index contributed by atoms with van der Waals surface area (Å²) >= 11 is 0. The molecule has 1 saturated carbocycles. The van der Waals surface area contributed by atoms with E-state index in [0.717, 1.165) is 19.1 Å². The molecule has 0 aromatic heterocycles. The number of hydrogen-bond acceptors (Lipinski definition) is 2. The van der Waals surface area contributed by atoms with Crippen molar-refractivity contribution in [1.82, 2.24) is 5.32 Å². The van der Waals surface area contributed by atoms with E-state index < -0.39 is 0 Å². The molecule has 104 valence electrons. The Kier molecular flexibility index (Phi) is 3.30. The molecule has 1 fully saturated rings. The summed E-state index contributed by atoms with van der Waals surface area (Å²) in [6.45, 7) is 9.04. The van der Waals surface area contributed by atoms with E-state index in [9.17, 15) is 0 Å². The highest BCUT2D eigenvalue weighted by Gasteiger charge is 2.32. The second kappa shape index (κ2) is 4.82. The van der Waals surface area contributed by atoms with Crippen LogP contribution in [0.15, 0.2) is 18.2 Å². The molecule has 0 saturated heterocycles. The first-order chi connectivity index (χ1) is 9.07. The number of para-hydroxylation sites is 1. The van der Waals surface area contributed by atoms with Crippen molar-refractivity contribution < 1.29 is 0 Å². The summed E-state index contributed by atoms with van der Waals surface area (Å²) in [5, 5.41) is 3.72. The zero-order valence-electron chi connectivity index (χ0n) is 12.5. The molecule has 2 nitrogen and oxygen atoms in total. The van der Waals surface area contributed by atoms with E-state index >= 15 is 0 Å². The van der Waals surface area contributed by atoms with Crippen LogP contribution in [-0.2, 0) is 6.54 Å². The van der Waals surface area contributed by atoms with Crippen LogP contribution in [0.2, 0.25) is 0 Å². The molecule has 0 radical (unpaired) electrons. The van der Waals surface area contributed by atoms with Crippen LogP contribution in [0, 0.1) is 6.92 Å². The summed E-state index contributed by atoms with van der Waals surface area (Å²) in [4.78, 5) is 2.71. The van der Waals surface area contributed by atoms with E-state index in [1.165, 1.54) is 42.5 Å². The van der Waals surface area contributed by atoms with Crippen molar-refractivity contribution in [2.24, 2.45) is 0 Å². The molecule has 1 aromatic rings. The van der Waals surface area contributed by atoms with Crippen molar-refractivity contribution in [3.05, 3.63) is 29.3 Å². The first kappa shape index (κ1) is 13.0. The Labute approximate surface area is 117 Å². The number of anilines is 1. The van der Waals surface area contributed by atoms with E-state index in [2.05, 4.69) is 49.2 Å². The van der Waals surface area contributed by atoms with Gasteiger partial charge in [-0.15, -0.1) is 0 Å². The SMILES string of the molecule is Cc1cccc2c1N(C1CCCC1)CC(C)(C)NC2. The van der Waals surface area contributed by atoms with Gasteiger partial charge in [0.15, 0.2) is 0 Å². The predicted molar refractivity (Wildman–Crippen MR) is 81.7 cm³/mol. The van der Waals surface area contributed by atoms with Crippen LogP contribution in [0.4, 0.5) is 5.69 Å². The van der Waals surface area contributed by atoms with Crippen LogP contribution < -0.4 is 10.2 Å². The second-order valence-corrected chi connectivity index (χ2v) is 6.89. The normalized spacial score (nSPS) is 23.2. The Bertz CT molecular complexity index is 458. The summed E-state index contributed by atoms with van der Waals surface area (Å²) in [7, 11) is 0. The van der Waals surface area contributed by atoms with Crippen LogP contribution in [0.25, 0.3) is 0 Å². The van der Waals surface area contributed by atoms with Crippen LogP contribution >= 0.6 is 0 Å². The third kappa shape index (κ3) is 2.51. The van der Waals surface area contributed by atoms with Gasteiger partial charge in [-0.05, 0) is 44.7 Å². The number of rotatable bonds is 1. The van der Waals surface area contributed by atoms with Gasteiger partial charge in [-0.25, -0.2) is 0 Å². The number of aryl methyl sites for hydroxylation is 1. The van der Waals surface area contributed by atoms with Crippen molar-refractivity contribution in [1.29, 1.82) is 0 Å². The molecule has 1 aromatic carbocycles. The van der Waals surface area contributed by atoms with Crippen molar-refractivity contribution in [2.45, 2.75) is 64.6 Å². The molecule has 0 amide bonds. The fourth-order valence-corrected chi connectivity index (χ4v) is 3.70. The predicted octanol–water partition coefficient (Wildman–Crippen LogP) is 3.63. The zero-order chi connectivity index (χ0) is 13.5. The molecule has 2 heteroatoms. The number of hydrogen-bond donors (Lipinski definition) is 1. The molecule has 1 aliphatic heterocycles. The Morgan fingerprint density at radius 3 is 2.68 bits per heavy atom. The smallest absolute Gasteiger partial charge is 0.0444 e. The first-order valence-electron chi connectivity index (χ1n) is 7.67. The molecule has 1 aliphatic carbocycles. The minimum Gasteiger partial charge on any atom is -0.366 e. The largest absolute Gasteiger partial charge is 0.366 e. The van der Waals surface area contributed by atoms with E-state index in [1.807, 2.05) is 0 Å². The quantitative estimate of drug-likeness (QED) is 0.827. The second-order valence-electron chi connectivity index (χ2n) is 6.89. The molecule has 0 atom stereocenters. The van der Waals surface area contributed by atoms with Gasteiger partial charge < -0.3 is 10.2 Å². The monoisotopic (exact) mass is 258 g/mol. The molecule has 0 bridgehead atoms. The number of benzene rings is 1. The average molecular weight is 258 g/mol. The highest BCUT2D eigenvalue weighted by molar-refractivity contribution is 5.61. The minimum absolute atomic E-state index is 0.189. The Morgan fingerprint density at radius 2 is 1.95 bits per heavy atom. The third-order valence-electron chi connectivity index (χ3n) is 4.70. The number of nitrogens with zero attached hydrogens (tertiary/aromatic N) is 1. The Balaban J connectivity index is 2.03. The fourth-order valence-electron chi connectivity index (χ4n) is 3.70. The van der Waals surface area contributed by atoms with E-state index in [4.69, 9.17) is 0 Å². The molecule has 19 heavy (non-hydrogen) atoms. The van der Waals surface area contributed by atoms with Gasteiger partial charge in [0, 0.05) is 30.4 Å². The molecule has 2 aliphatic rings. The van der Waals surface area contributed by atoms with Gasteiger partial charge in [0.2, 0.25) is 0 Å². The van der Waals surface area contributed by atoms with Gasteiger partial charge in [0.25, 0.3) is 0 Å². The summed E-state index contributed by atoms with van der Waals surface area (Å²) in [6.07, 6.45) is 5.53. The summed E-state index contributed by atoms with van der Waals surface area (Å²) in [5.41, 5.74) is 4.60. The number of fused-ring (bicyclic) bond motifs is 1. The van der Waals surface area contributed by atoms with E-state index in [-0.39, 0.29) is 5.54 Å². The molecular weight excluding hydrogens is 232 g/mol. The van der Waals surface area contributed by atoms with Gasteiger partial charge in [0.1, 0.15) is 0 Å². The maximum Gasteiger partial charge on any atom is 0.0444 e. The lowest BCUT2D eigenvalue weighted by Crippen LogP contribution is -2.49. The maximum atomic E-state index is 3.72. The van der Waals surface area contributed by atoms with Gasteiger partial charge >= 0.3 is 0 Å². The zero-order valence-corrected chi connectivity index (χ0v) is 12.5. The van der Waals surface area contributed by atoms with Crippen molar-refractivity contribution >= 4 is 5.69 Å². The van der Waals surface area contributed by atoms with Crippen LogP contribution in [0.1, 0.15) is 50.7 Å². The van der Waals surface area contributed by atoms with E-state index in [0.29, 0.717) is 0 Å². The number of nitrogens with one attached hydrogen (secondary N) is 1.